The van der Waals surface area contributed by atoms with E-state index in [0.717, 1.165) is 6.08 Å². The highest BCUT2D eigenvalue weighted by atomic mass is 16.6. The highest BCUT2D eigenvalue weighted by molar-refractivity contribution is 5.97. The average Bonchev–Trinajstić information content (AvgIpc) is 2.52. The molecule has 1 aromatic carbocycles. The van der Waals surface area contributed by atoms with Crippen molar-refractivity contribution in [1.29, 1.82) is 0 Å². The van der Waals surface area contributed by atoms with Gasteiger partial charge in [0.05, 0.1) is 12.2 Å². The van der Waals surface area contributed by atoms with Gasteiger partial charge in [0.1, 0.15) is 11.9 Å². The lowest BCUT2D eigenvalue weighted by Gasteiger charge is -2.38. The van der Waals surface area contributed by atoms with Crippen molar-refractivity contribution in [1.82, 2.24) is 0 Å². The van der Waals surface area contributed by atoms with Crippen molar-refractivity contribution in [3.63, 3.8) is 0 Å². The molecule has 0 bridgehead atoms. The fourth-order valence-electron chi connectivity index (χ4n) is 2.41. The molecule has 1 aromatic rings. The quantitative estimate of drug-likeness (QED) is 0.270. The predicted molar refractivity (Wildman–Crippen MR) is 80.4 cm³/mol. The molecule has 0 aliphatic heterocycles. The van der Waals surface area contributed by atoms with Crippen molar-refractivity contribution in [3.05, 3.63) is 35.9 Å². The van der Waals surface area contributed by atoms with Crippen LogP contribution in [0.1, 0.15) is 18.4 Å². The van der Waals surface area contributed by atoms with Crippen LogP contribution in [0.3, 0.4) is 0 Å². The summed E-state index contributed by atoms with van der Waals surface area (Å²) in [6.07, 6.45) is -3.34. The summed E-state index contributed by atoms with van der Waals surface area (Å²) in [7, 11) is 0. The topological polar surface area (TPSA) is 145 Å². The second kappa shape index (κ2) is 7.10. The molecule has 0 heterocycles. The van der Waals surface area contributed by atoms with Crippen LogP contribution in [0.5, 0.6) is 5.75 Å². The molecular weight excluding hydrogens is 320 g/mol. The number of aromatic hydroxyl groups is 1. The van der Waals surface area contributed by atoms with Gasteiger partial charge in [-0.25, -0.2) is 9.59 Å². The van der Waals surface area contributed by atoms with Crippen LogP contribution in [0.2, 0.25) is 0 Å². The Hall–Kier alpha value is -2.26. The summed E-state index contributed by atoms with van der Waals surface area (Å²) in [5.41, 5.74) is -1.69. The fraction of sp³-hybridized carbons (Fsp3) is 0.375. The van der Waals surface area contributed by atoms with E-state index in [9.17, 15) is 30.0 Å². The van der Waals surface area contributed by atoms with Crippen molar-refractivity contribution in [2.45, 2.75) is 36.8 Å². The molecular formula is C16H18O8. The minimum absolute atomic E-state index is 0.0590. The second-order valence-corrected chi connectivity index (χ2v) is 5.70. The number of hydrogen-bond acceptors (Lipinski definition) is 8. The van der Waals surface area contributed by atoms with E-state index in [0.29, 0.717) is 5.56 Å². The first-order chi connectivity index (χ1) is 11.2. The zero-order valence-electron chi connectivity index (χ0n) is 12.6. The molecule has 1 saturated carbocycles. The Balaban J connectivity index is 1.98. The number of carbonyl (C=O) groups is 2. The lowest BCUT2D eigenvalue weighted by molar-refractivity contribution is -0.193. The minimum atomic E-state index is -2.26. The SMILES string of the molecule is O=C(C=Cc1ccc(O)cc1)OC(=O)C1(O)CC(O)C(O)C(O)C1. The number of rotatable bonds is 3. The Morgan fingerprint density at radius 2 is 1.62 bits per heavy atom. The third-order valence-corrected chi connectivity index (χ3v) is 3.76. The number of aliphatic hydroxyl groups is 4. The van der Waals surface area contributed by atoms with E-state index in [-0.39, 0.29) is 5.75 Å². The maximum absolute atomic E-state index is 11.9. The van der Waals surface area contributed by atoms with E-state index in [1.165, 1.54) is 30.3 Å². The van der Waals surface area contributed by atoms with Gasteiger partial charge in [-0.2, -0.15) is 0 Å². The summed E-state index contributed by atoms with van der Waals surface area (Å²) < 4.78 is 4.50. The van der Waals surface area contributed by atoms with Crippen LogP contribution in [-0.2, 0) is 14.3 Å². The maximum Gasteiger partial charge on any atom is 0.346 e. The van der Waals surface area contributed by atoms with Gasteiger partial charge in [-0.1, -0.05) is 12.1 Å². The number of esters is 2. The Bertz CT molecular complexity index is 624. The summed E-state index contributed by atoms with van der Waals surface area (Å²) in [5, 5.41) is 47.8. The van der Waals surface area contributed by atoms with Crippen LogP contribution in [0, 0.1) is 0 Å². The molecule has 0 spiro atoms. The summed E-state index contributed by atoms with van der Waals surface area (Å²) in [4.78, 5) is 23.6. The van der Waals surface area contributed by atoms with E-state index >= 15 is 0 Å². The lowest BCUT2D eigenvalue weighted by atomic mass is 9.80. The standard InChI is InChI=1S/C16H18O8/c17-10-4-1-9(2-5-10)3-6-13(20)24-15(22)16(23)7-11(18)14(21)12(19)8-16/h1-6,11-12,14,17-19,21,23H,7-8H2. The first-order valence-electron chi connectivity index (χ1n) is 7.21. The van der Waals surface area contributed by atoms with Crippen molar-refractivity contribution in [3.8, 4) is 5.75 Å². The minimum Gasteiger partial charge on any atom is -0.508 e. The Morgan fingerprint density at radius 1 is 1.08 bits per heavy atom. The van der Waals surface area contributed by atoms with Gasteiger partial charge in [0.25, 0.3) is 0 Å². The Morgan fingerprint density at radius 3 is 2.17 bits per heavy atom. The molecule has 1 aliphatic carbocycles. The number of hydrogen-bond donors (Lipinski definition) is 5. The van der Waals surface area contributed by atoms with Gasteiger partial charge < -0.3 is 30.3 Å². The molecule has 1 fully saturated rings. The average molecular weight is 338 g/mol. The number of phenolic OH excluding ortho intramolecular Hbond substituents is 1. The van der Waals surface area contributed by atoms with E-state index < -0.39 is 48.7 Å². The molecule has 130 valence electrons. The first kappa shape index (κ1) is 18.1. The van der Waals surface area contributed by atoms with Crippen LogP contribution in [0.15, 0.2) is 30.3 Å². The third kappa shape index (κ3) is 4.18. The third-order valence-electron chi connectivity index (χ3n) is 3.76. The zero-order chi connectivity index (χ0) is 17.9. The van der Waals surface area contributed by atoms with E-state index in [1.807, 2.05) is 0 Å². The summed E-state index contributed by atoms with van der Waals surface area (Å²) >= 11 is 0. The van der Waals surface area contributed by atoms with Crippen LogP contribution < -0.4 is 0 Å². The van der Waals surface area contributed by atoms with E-state index in [4.69, 9.17) is 5.11 Å². The smallest absolute Gasteiger partial charge is 0.346 e. The van der Waals surface area contributed by atoms with Gasteiger partial charge in [-0.3, -0.25) is 0 Å². The summed E-state index contributed by atoms with van der Waals surface area (Å²) in [5.74, 6) is -2.30. The normalized spacial score (nSPS) is 30.2. The van der Waals surface area contributed by atoms with Crippen LogP contribution in [0.25, 0.3) is 6.08 Å². The zero-order valence-corrected chi connectivity index (χ0v) is 12.6. The monoisotopic (exact) mass is 338 g/mol. The summed E-state index contributed by atoms with van der Waals surface area (Å²) in [6, 6.07) is 5.89. The summed E-state index contributed by atoms with van der Waals surface area (Å²) in [6.45, 7) is 0. The molecule has 0 aromatic heterocycles. The number of aliphatic hydroxyl groups excluding tert-OH is 3. The predicted octanol–water partition coefficient (Wildman–Crippen LogP) is -0.917. The van der Waals surface area contributed by atoms with Crippen LogP contribution >= 0.6 is 0 Å². The van der Waals surface area contributed by atoms with Gasteiger partial charge >= 0.3 is 11.9 Å². The largest absolute Gasteiger partial charge is 0.508 e. The molecule has 1 aliphatic rings. The van der Waals surface area contributed by atoms with Crippen LogP contribution in [-0.4, -0.2) is 61.4 Å². The molecule has 8 heteroatoms. The molecule has 0 radical (unpaired) electrons. The molecule has 0 amide bonds. The Kier molecular flexibility index (Phi) is 5.35. The molecule has 2 atom stereocenters. The molecule has 8 nitrogen and oxygen atoms in total. The van der Waals surface area contributed by atoms with Crippen molar-refractivity contribution >= 4 is 18.0 Å². The first-order valence-corrected chi connectivity index (χ1v) is 7.21. The number of ether oxygens (including phenoxy) is 1. The van der Waals surface area contributed by atoms with Gasteiger partial charge in [-0.15, -0.1) is 0 Å². The molecule has 2 rings (SSSR count). The fourth-order valence-corrected chi connectivity index (χ4v) is 2.41. The van der Waals surface area contributed by atoms with Crippen LogP contribution in [0.4, 0.5) is 0 Å². The van der Waals surface area contributed by atoms with E-state index in [2.05, 4.69) is 4.74 Å². The maximum atomic E-state index is 11.9. The van der Waals surface area contributed by atoms with Crippen molar-refractivity contribution in [2.24, 2.45) is 0 Å². The highest BCUT2D eigenvalue weighted by Gasteiger charge is 2.49. The second-order valence-electron chi connectivity index (χ2n) is 5.70. The van der Waals surface area contributed by atoms with Gasteiger partial charge in [0.15, 0.2) is 5.60 Å². The molecule has 24 heavy (non-hydrogen) atoms. The molecule has 0 saturated heterocycles. The van der Waals surface area contributed by atoms with Gasteiger partial charge in [0.2, 0.25) is 0 Å². The lowest BCUT2D eigenvalue weighted by Crippen LogP contribution is -2.56. The van der Waals surface area contributed by atoms with Gasteiger partial charge in [-0.05, 0) is 23.8 Å². The molecule has 5 N–H and O–H groups in total. The van der Waals surface area contributed by atoms with Crippen molar-refractivity contribution in [2.75, 3.05) is 0 Å². The van der Waals surface area contributed by atoms with Crippen molar-refractivity contribution < 1.29 is 39.9 Å². The number of phenols is 1. The number of carbonyl (C=O) groups excluding carboxylic acids is 2. The Labute approximate surface area is 137 Å². The highest BCUT2D eigenvalue weighted by Crippen LogP contribution is 2.30. The van der Waals surface area contributed by atoms with Gasteiger partial charge in [0, 0.05) is 18.9 Å². The molecule has 2 unspecified atom stereocenters. The number of benzene rings is 1. The van der Waals surface area contributed by atoms with E-state index in [1.54, 1.807) is 0 Å².